The van der Waals surface area contributed by atoms with Crippen LogP contribution in [-0.4, -0.2) is 53.7 Å². The number of carboxylic acids is 1. The number of nitrogens with zero attached hydrogens (tertiary/aromatic N) is 1. The van der Waals surface area contributed by atoms with E-state index in [0.29, 0.717) is 17.9 Å². The maximum Gasteiger partial charge on any atom is 0.406 e. The van der Waals surface area contributed by atoms with Crippen LogP contribution in [-0.2, 0) is 9.59 Å². The first-order valence-electron chi connectivity index (χ1n) is 6.10. The first-order chi connectivity index (χ1) is 8.79. The number of nitrogens with one attached hydrogen (secondary N) is 1. The van der Waals surface area contributed by atoms with E-state index in [2.05, 4.69) is 5.32 Å². The number of carbonyl (C=O) groups is 2. The van der Waals surface area contributed by atoms with Gasteiger partial charge in [0.05, 0.1) is 6.04 Å². The standard InChI is InChI=1S/C11H17F3N2O3/c12-11(13,14)7-16(6-9(17)18)10(19)8-4-2-1-3-5-15-8/h8,15H,1-7H2,(H,17,18). The monoisotopic (exact) mass is 282 g/mol. The average Bonchev–Trinajstić information content (AvgIpc) is 2.53. The fraction of sp³-hybridized carbons (Fsp3) is 0.818. The van der Waals surface area contributed by atoms with Crippen molar-refractivity contribution in [2.45, 2.75) is 37.9 Å². The van der Waals surface area contributed by atoms with Crippen molar-refractivity contribution in [1.82, 2.24) is 10.2 Å². The van der Waals surface area contributed by atoms with Gasteiger partial charge in [-0.2, -0.15) is 13.2 Å². The Morgan fingerprint density at radius 1 is 1.26 bits per heavy atom. The van der Waals surface area contributed by atoms with E-state index in [1.807, 2.05) is 0 Å². The SMILES string of the molecule is O=C(O)CN(CC(F)(F)F)C(=O)C1CCCCCN1. The van der Waals surface area contributed by atoms with Crippen LogP contribution in [0, 0.1) is 0 Å². The summed E-state index contributed by atoms with van der Waals surface area (Å²) in [6.07, 6.45) is -1.64. The topological polar surface area (TPSA) is 69.6 Å². The van der Waals surface area contributed by atoms with Crippen molar-refractivity contribution in [3.63, 3.8) is 0 Å². The fourth-order valence-corrected chi connectivity index (χ4v) is 2.05. The number of halogens is 3. The lowest BCUT2D eigenvalue weighted by atomic mass is 10.1. The Morgan fingerprint density at radius 2 is 1.95 bits per heavy atom. The van der Waals surface area contributed by atoms with E-state index in [0.717, 1.165) is 19.3 Å². The minimum Gasteiger partial charge on any atom is -0.480 e. The fourth-order valence-electron chi connectivity index (χ4n) is 2.05. The lowest BCUT2D eigenvalue weighted by molar-refractivity contribution is -0.166. The van der Waals surface area contributed by atoms with E-state index in [9.17, 15) is 22.8 Å². The molecule has 0 saturated carbocycles. The highest BCUT2D eigenvalue weighted by Crippen LogP contribution is 2.18. The summed E-state index contributed by atoms with van der Waals surface area (Å²) in [7, 11) is 0. The zero-order valence-corrected chi connectivity index (χ0v) is 10.4. The van der Waals surface area contributed by atoms with Gasteiger partial charge in [0, 0.05) is 0 Å². The Balaban J connectivity index is 2.71. The minimum atomic E-state index is -4.60. The third-order valence-electron chi connectivity index (χ3n) is 2.87. The van der Waals surface area contributed by atoms with Crippen LogP contribution in [0.25, 0.3) is 0 Å². The lowest BCUT2D eigenvalue weighted by Gasteiger charge is -2.26. The maximum absolute atomic E-state index is 12.4. The largest absolute Gasteiger partial charge is 0.480 e. The van der Waals surface area contributed by atoms with Crippen LogP contribution in [0.2, 0.25) is 0 Å². The molecule has 1 amide bonds. The van der Waals surface area contributed by atoms with Crippen molar-refractivity contribution < 1.29 is 27.9 Å². The highest BCUT2D eigenvalue weighted by molar-refractivity contribution is 5.85. The van der Waals surface area contributed by atoms with Gasteiger partial charge in [0.2, 0.25) is 5.91 Å². The normalized spacial score (nSPS) is 20.7. The summed E-state index contributed by atoms with van der Waals surface area (Å²) in [6, 6.07) is -0.718. The number of hydrogen-bond donors (Lipinski definition) is 2. The van der Waals surface area contributed by atoms with E-state index in [1.165, 1.54) is 0 Å². The molecule has 1 unspecified atom stereocenters. The zero-order chi connectivity index (χ0) is 14.5. The highest BCUT2D eigenvalue weighted by Gasteiger charge is 2.36. The van der Waals surface area contributed by atoms with Gasteiger partial charge in [-0.05, 0) is 19.4 Å². The van der Waals surface area contributed by atoms with Crippen LogP contribution in [0.15, 0.2) is 0 Å². The number of carbonyl (C=O) groups excluding carboxylic acids is 1. The third-order valence-corrected chi connectivity index (χ3v) is 2.87. The molecule has 1 fully saturated rings. The molecule has 5 nitrogen and oxygen atoms in total. The number of carboxylic acid groups (broad SMARTS) is 1. The first kappa shape index (κ1) is 15.7. The molecule has 1 aliphatic rings. The van der Waals surface area contributed by atoms with Crippen LogP contribution >= 0.6 is 0 Å². The van der Waals surface area contributed by atoms with Crippen molar-refractivity contribution in [2.75, 3.05) is 19.6 Å². The molecule has 0 aliphatic carbocycles. The minimum absolute atomic E-state index is 0.352. The Hall–Kier alpha value is -1.31. The highest BCUT2D eigenvalue weighted by atomic mass is 19.4. The molecule has 1 aliphatic heterocycles. The molecule has 1 atom stereocenters. The van der Waals surface area contributed by atoms with Crippen LogP contribution < -0.4 is 5.32 Å². The van der Waals surface area contributed by atoms with Crippen molar-refractivity contribution in [2.24, 2.45) is 0 Å². The molecule has 0 aromatic carbocycles. The van der Waals surface area contributed by atoms with Gasteiger partial charge in [0.1, 0.15) is 13.1 Å². The smallest absolute Gasteiger partial charge is 0.406 e. The van der Waals surface area contributed by atoms with Gasteiger partial charge in [-0.3, -0.25) is 9.59 Å². The molecule has 0 bridgehead atoms. The van der Waals surface area contributed by atoms with Crippen molar-refractivity contribution in [3.8, 4) is 0 Å². The van der Waals surface area contributed by atoms with Crippen molar-refractivity contribution >= 4 is 11.9 Å². The van der Waals surface area contributed by atoms with Crippen LogP contribution in [0.3, 0.4) is 0 Å². The summed E-state index contributed by atoms with van der Waals surface area (Å²) in [5, 5.41) is 11.5. The second-order valence-corrected chi connectivity index (χ2v) is 4.56. The number of hydrogen-bond acceptors (Lipinski definition) is 3. The Bertz CT molecular complexity index is 326. The summed E-state index contributed by atoms with van der Waals surface area (Å²) >= 11 is 0. The number of aliphatic carboxylic acids is 1. The number of rotatable bonds is 4. The Morgan fingerprint density at radius 3 is 2.53 bits per heavy atom. The third kappa shape index (κ3) is 5.91. The molecule has 0 spiro atoms. The van der Waals surface area contributed by atoms with E-state index < -0.39 is 37.2 Å². The van der Waals surface area contributed by atoms with E-state index in [1.54, 1.807) is 0 Å². The van der Waals surface area contributed by atoms with Crippen LogP contribution in [0.1, 0.15) is 25.7 Å². The van der Waals surface area contributed by atoms with Gasteiger partial charge in [-0.1, -0.05) is 12.8 Å². The van der Waals surface area contributed by atoms with Gasteiger partial charge in [-0.15, -0.1) is 0 Å². The molecular formula is C11H17F3N2O3. The quantitative estimate of drug-likeness (QED) is 0.807. The van der Waals surface area contributed by atoms with E-state index in [4.69, 9.17) is 5.11 Å². The summed E-state index contributed by atoms with van der Waals surface area (Å²) < 4.78 is 37.1. The zero-order valence-electron chi connectivity index (χ0n) is 10.4. The predicted molar refractivity (Wildman–Crippen MR) is 60.5 cm³/mol. The summed E-state index contributed by atoms with van der Waals surface area (Å²) in [5.41, 5.74) is 0. The molecule has 1 saturated heterocycles. The first-order valence-corrected chi connectivity index (χ1v) is 6.10. The van der Waals surface area contributed by atoms with Gasteiger partial charge in [0.15, 0.2) is 0 Å². The molecule has 0 aromatic rings. The van der Waals surface area contributed by atoms with E-state index in [-0.39, 0.29) is 0 Å². The Labute approximate surface area is 108 Å². The molecule has 2 N–H and O–H groups in total. The predicted octanol–water partition coefficient (Wildman–Crippen LogP) is 0.994. The second kappa shape index (κ2) is 6.74. The molecule has 19 heavy (non-hydrogen) atoms. The maximum atomic E-state index is 12.4. The summed E-state index contributed by atoms with van der Waals surface area (Å²) in [4.78, 5) is 22.9. The molecule has 0 aromatic heterocycles. The summed E-state index contributed by atoms with van der Waals surface area (Å²) in [6.45, 7) is -1.91. The Kier molecular flexibility index (Phi) is 5.59. The number of amides is 1. The molecular weight excluding hydrogens is 265 g/mol. The average molecular weight is 282 g/mol. The van der Waals surface area contributed by atoms with Gasteiger partial charge in [-0.25, -0.2) is 0 Å². The molecule has 110 valence electrons. The molecule has 1 heterocycles. The molecule has 1 rings (SSSR count). The second-order valence-electron chi connectivity index (χ2n) is 4.56. The van der Waals surface area contributed by atoms with Crippen LogP contribution in [0.4, 0.5) is 13.2 Å². The van der Waals surface area contributed by atoms with Crippen molar-refractivity contribution in [1.29, 1.82) is 0 Å². The summed E-state index contributed by atoms with van der Waals surface area (Å²) in [5.74, 6) is -2.24. The number of alkyl halides is 3. The molecule has 8 heteroatoms. The van der Waals surface area contributed by atoms with Crippen molar-refractivity contribution in [3.05, 3.63) is 0 Å². The van der Waals surface area contributed by atoms with Gasteiger partial charge in [0.25, 0.3) is 0 Å². The lowest BCUT2D eigenvalue weighted by Crippen LogP contribution is -2.50. The van der Waals surface area contributed by atoms with Gasteiger partial charge >= 0.3 is 12.1 Å². The van der Waals surface area contributed by atoms with E-state index >= 15 is 0 Å². The van der Waals surface area contributed by atoms with Crippen LogP contribution in [0.5, 0.6) is 0 Å². The van der Waals surface area contributed by atoms with Gasteiger partial charge < -0.3 is 15.3 Å². The molecule has 0 radical (unpaired) electrons.